The Morgan fingerprint density at radius 2 is 1.86 bits per heavy atom. The third-order valence-electron chi connectivity index (χ3n) is 3.23. The molecule has 0 spiro atoms. The van der Waals surface area contributed by atoms with E-state index in [9.17, 15) is 14.5 Å². The molecule has 0 aromatic heterocycles. The molecule has 1 atom stereocenters. The number of hydrogen-bond donors (Lipinski definition) is 0. The monoisotopic (exact) mass is 339 g/mol. The first-order valence-electron chi connectivity index (χ1n) is 6.23. The van der Waals surface area contributed by atoms with Crippen LogP contribution in [0.3, 0.4) is 0 Å². The Balaban J connectivity index is 2.13. The van der Waals surface area contributed by atoms with Crippen molar-refractivity contribution in [3.63, 3.8) is 0 Å². The summed E-state index contributed by atoms with van der Waals surface area (Å²) in [5.74, 6) is -0.123. The molecule has 7 heteroatoms. The first-order valence-corrected chi connectivity index (χ1v) is 6.98. The molecule has 0 bridgehead atoms. The lowest BCUT2D eigenvalue weighted by atomic mass is 10.0. The van der Waals surface area contributed by atoms with Gasteiger partial charge in [0.2, 0.25) is 6.10 Å². The molecule has 2 aromatic carbocycles. The maximum absolute atomic E-state index is 13.0. The van der Waals surface area contributed by atoms with Crippen molar-refractivity contribution in [3.8, 4) is 5.75 Å². The second kappa shape index (κ2) is 5.59. The molecule has 4 nitrogen and oxygen atoms in total. The molecular weight excluding hydrogens is 332 g/mol. The van der Waals surface area contributed by atoms with Gasteiger partial charge in [-0.1, -0.05) is 35.3 Å². The van der Waals surface area contributed by atoms with Crippen LogP contribution in [0.5, 0.6) is 5.75 Å². The largest absolute Gasteiger partial charge is 0.472 e. The first kappa shape index (κ1) is 14.8. The van der Waals surface area contributed by atoms with E-state index in [0.717, 1.165) is 0 Å². The van der Waals surface area contributed by atoms with Gasteiger partial charge in [0.25, 0.3) is 5.70 Å². The molecule has 0 saturated carbocycles. The van der Waals surface area contributed by atoms with Crippen molar-refractivity contribution in [2.24, 2.45) is 0 Å². The smallest absolute Gasteiger partial charge is 0.291 e. The second-order valence-corrected chi connectivity index (χ2v) is 5.53. The molecule has 1 aliphatic rings. The molecule has 112 valence electrons. The summed E-state index contributed by atoms with van der Waals surface area (Å²) in [7, 11) is 0. The minimum absolute atomic E-state index is 0.169. The molecular formula is C15H8Cl2FNO3. The Kier molecular flexibility index (Phi) is 3.76. The van der Waals surface area contributed by atoms with Crippen LogP contribution >= 0.6 is 23.2 Å². The summed E-state index contributed by atoms with van der Waals surface area (Å²) in [6.45, 7) is 0. The van der Waals surface area contributed by atoms with Gasteiger partial charge in [-0.05, 0) is 24.3 Å². The van der Waals surface area contributed by atoms with Crippen LogP contribution in [0.25, 0.3) is 6.08 Å². The highest BCUT2D eigenvalue weighted by atomic mass is 35.5. The van der Waals surface area contributed by atoms with Crippen LogP contribution < -0.4 is 4.74 Å². The number of benzene rings is 2. The quantitative estimate of drug-likeness (QED) is 0.578. The highest BCUT2D eigenvalue weighted by molar-refractivity contribution is 6.36. The van der Waals surface area contributed by atoms with E-state index in [2.05, 4.69) is 0 Å². The van der Waals surface area contributed by atoms with Crippen LogP contribution in [-0.4, -0.2) is 4.92 Å². The summed E-state index contributed by atoms with van der Waals surface area (Å²) >= 11 is 12.0. The molecule has 1 aliphatic heterocycles. The SMILES string of the molecule is O=[N+]([O-])C1=Cc2cc(Cl)cc(Cl)c2O[C@@H]1c1ccc(F)cc1. The molecule has 0 amide bonds. The Bertz CT molecular complexity index is 790. The van der Waals surface area contributed by atoms with Gasteiger partial charge < -0.3 is 4.74 Å². The molecule has 0 unspecified atom stereocenters. The highest BCUT2D eigenvalue weighted by Crippen LogP contribution is 2.42. The van der Waals surface area contributed by atoms with Gasteiger partial charge in [-0.3, -0.25) is 10.1 Å². The second-order valence-electron chi connectivity index (χ2n) is 4.68. The standard InChI is InChI=1S/C15H8Cl2FNO3/c16-10-5-9-6-13(19(20)21)15(22-14(9)12(17)7-10)8-1-3-11(18)4-2-8/h1-7,15H/t15-/m1/s1. The summed E-state index contributed by atoms with van der Waals surface area (Å²) in [6.07, 6.45) is 0.395. The van der Waals surface area contributed by atoms with Crippen molar-refractivity contribution in [2.45, 2.75) is 6.10 Å². The summed E-state index contributed by atoms with van der Waals surface area (Å²) < 4.78 is 18.7. The summed E-state index contributed by atoms with van der Waals surface area (Å²) in [6, 6.07) is 8.34. The van der Waals surface area contributed by atoms with Gasteiger partial charge in [0.1, 0.15) is 11.6 Å². The predicted octanol–water partition coefficient (Wildman–Crippen LogP) is 4.88. The Morgan fingerprint density at radius 1 is 1.18 bits per heavy atom. The molecule has 0 radical (unpaired) electrons. The van der Waals surface area contributed by atoms with Crippen molar-refractivity contribution in [1.29, 1.82) is 0 Å². The average Bonchev–Trinajstić information content (AvgIpc) is 2.47. The topological polar surface area (TPSA) is 52.4 Å². The van der Waals surface area contributed by atoms with E-state index < -0.39 is 16.8 Å². The van der Waals surface area contributed by atoms with Crippen LogP contribution in [0.1, 0.15) is 17.2 Å². The van der Waals surface area contributed by atoms with Crippen LogP contribution in [0.2, 0.25) is 10.0 Å². The van der Waals surface area contributed by atoms with E-state index in [0.29, 0.717) is 21.9 Å². The number of hydrogen-bond acceptors (Lipinski definition) is 3. The lowest BCUT2D eigenvalue weighted by molar-refractivity contribution is -0.434. The normalized spacial score (nSPS) is 16.5. The fraction of sp³-hybridized carbons (Fsp3) is 0.0667. The van der Waals surface area contributed by atoms with Crippen molar-refractivity contribution >= 4 is 29.3 Å². The highest BCUT2D eigenvalue weighted by Gasteiger charge is 2.34. The number of nitrogens with zero attached hydrogens (tertiary/aromatic N) is 1. The third kappa shape index (κ3) is 2.65. The molecule has 2 aromatic rings. The van der Waals surface area contributed by atoms with E-state index in [1.165, 1.54) is 42.5 Å². The summed E-state index contributed by atoms with van der Waals surface area (Å²) in [5.41, 5.74) is 0.723. The fourth-order valence-corrected chi connectivity index (χ4v) is 2.80. The van der Waals surface area contributed by atoms with Crippen molar-refractivity contribution in [3.05, 3.63) is 79.2 Å². The summed E-state index contributed by atoms with van der Waals surface area (Å²) in [4.78, 5) is 10.8. The lowest BCUT2D eigenvalue weighted by Gasteiger charge is -2.23. The van der Waals surface area contributed by atoms with E-state index in [1.807, 2.05) is 0 Å². The van der Waals surface area contributed by atoms with E-state index in [-0.39, 0.29) is 10.7 Å². The number of nitro groups is 1. The summed E-state index contributed by atoms with van der Waals surface area (Å²) in [5, 5.41) is 11.9. The third-order valence-corrected chi connectivity index (χ3v) is 3.73. The maximum atomic E-state index is 13.0. The zero-order valence-electron chi connectivity index (χ0n) is 10.9. The Labute approximate surface area is 134 Å². The van der Waals surface area contributed by atoms with Gasteiger partial charge in [-0.2, -0.15) is 0 Å². The minimum Gasteiger partial charge on any atom is -0.472 e. The van der Waals surface area contributed by atoms with Crippen LogP contribution in [0.15, 0.2) is 42.1 Å². The van der Waals surface area contributed by atoms with E-state index in [4.69, 9.17) is 27.9 Å². The van der Waals surface area contributed by atoms with E-state index in [1.54, 1.807) is 0 Å². The van der Waals surface area contributed by atoms with Gasteiger partial charge >= 0.3 is 0 Å². The van der Waals surface area contributed by atoms with Crippen molar-refractivity contribution < 1.29 is 14.1 Å². The number of rotatable bonds is 2. The molecule has 3 rings (SSSR count). The van der Waals surface area contributed by atoms with Crippen LogP contribution in [0.4, 0.5) is 4.39 Å². The number of halogens is 3. The van der Waals surface area contributed by atoms with Crippen molar-refractivity contribution in [2.75, 3.05) is 0 Å². The molecule has 0 aliphatic carbocycles. The Hall–Kier alpha value is -2.11. The molecule has 0 N–H and O–H groups in total. The Morgan fingerprint density at radius 3 is 2.50 bits per heavy atom. The average molecular weight is 340 g/mol. The molecule has 1 heterocycles. The molecule has 0 saturated heterocycles. The van der Waals surface area contributed by atoms with Crippen LogP contribution in [0, 0.1) is 15.9 Å². The minimum atomic E-state index is -0.971. The van der Waals surface area contributed by atoms with Gasteiger partial charge in [0.15, 0.2) is 0 Å². The molecule has 22 heavy (non-hydrogen) atoms. The van der Waals surface area contributed by atoms with Gasteiger partial charge in [-0.15, -0.1) is 0 Å². The predicted molar refractivity (Wildman–Crippen MR) is 81.2 cm³/mol. The number of fused-ring (bicyclic) bond motifs is 1. The van der Waals surface area contributed by atoms with Gasteiger partial charge in [0.05, 0.1) is 9.95 Å². The fourth-order valence-electron chi connectivity index (χ4n) is 2.25. The number of ether oxygens (including phenoxy) is 1. The van der Waals surface area contributed by atoms with Crippen molar-refractivity contribution in [1.82, 2.24) is 0 Å². The van der Waals surface area contributed by atoms with E-state index >= 15 is 0 Å². The van der Waals surface area contributed by atoms with Gasteiger partial charge in [0, 0.05) is 22.2 Å². The maximum Gasteiger partial charge on any atom is 0.291 e. The first-order chi connectivity index (χ1) is 10.5. The zero-order valence-corrected chi connectivity index (χ0v) is 12.4. The van der Waals surface area contributed by atoms with Gasteiger partial charge in [-0.25, -0.2) is 4.39 Å². The zero-order chi connectivity index (χ0) is 15.9. The van der Waals surface area contributed by atoms with Crippen LogP contribution in [-0.2, 0) is 0 Å². The lowest BCUT2D eigenvalue weighted by Crippen LogP contribution is -2.20. The molecule has 0 fully saturated rings.